The molecule has 0 radical (unpaired) electrons. The Morgan fingerprint density at radius 1 is 1.00 bits per heavy atom. The van der Waals surface area contributed by atoms with E-state index < -0.39 is 12.1 Å². The summed E-state index contributed by atoms with van der Waals surface area (Å²) < 4.78 is 5.50. The number of ether oxygens (including phenoxy) is 1. The number of benzene rings is 2. The molecule has 0 saturated heterocycles. The van der Waals surface area contributed by atoms with E-state index in [0.29, 0.717) is 18.5 Å². The quantitative estimate of drug-likeness (QED) is 0.513. The minimum absolute atomic E-state index is 0.00794. The maximum Gasteiger partial charge on any atom is 0.407 e. The summed E-state index contributed by atoms with van der Waals surface area (Å²) in [5.41, 5.74) is 5.10. The normalized spacial score (nSPS) is 19.3. The number of carboxylic acid groups (broad SMARTS) is 1. The van der Waals surface area contributed by atoms with Crippen LogP contribution in [0.4, 0.5) is 4.79 Å². The topological polar surface area (TPSA) is 105 Å². The molecule has 1 fully saturated rings. The predicted octanol–water partition coefficient (Wildman–Crippen LogP) is 4.09. The van der Waals surface area contributed by atoms with Gasteiger partial charge in [-0.2, -0.15) is 0 Å². The van der Waals surface area contributed by atoms with Gasteiger partial charge in [-0.05, 0) is 47.9 Å². The van der Waals surface area contributed by atoms with Crippen molar-refractivity contribution >= 4 is 18.0 Å². The van der Waals surface area contributed by atoms with E-state index in [2.05, 4.69) is 34.9 Å². The molecule has 2 amide bonds. The molecule has 1 saturated carbocycles. The van der Waals surface area contributed by atoms with Crippen molar-refractivity contribution in [2.24, 2.45) is 11.8 Å². The van der Waals surface area contributed by atoms with Crippen LogP contribution in [0.15, 0.2) is 60.2 Å². The molecule has 2 atom stereocenters. The molecule has 7 nitrogen and oxygen atoms in total. The third kappa shape index (κ3) is 5.14. The fraction of sp³-hybridized carbons (Fsp3) is 0.370. The van der Waals surface area contributed by atoms with Gasteiger partial charge in [0.25, 0.3) is 0 Å². The van der Waals surface area contributed by atoms with Crippen LogP contribution in [0, 0.1) is 11.8 Å². The molecular formula is C27H30N2O5. The van der Waals surface area contributed by atoms with Crippen molar-refractivity contribution in [1.29, 1.82) is 0 Å². The Kier molecular flexibility index (Phi) is 7.30. The SMILES string of the molecule is C/C(=C\CNC(=O)OCC1c2ccccc2-c2ccccc21)C(=O)NC[C@@H]1CCC[C@@H]1C(=O)O. The predicted molar refractivity (Wildman–Crippen MR) is 128 cm³/mol. The first kappa shape index (κ1) is 23.5. The second-order valence-corrected chi connectivity index (χ2v) is 8.94. The first-order chi connectivity index (χ1) is 16.5. The molecule has 0 bridgehead atoms. The lowest BCUT2D eigenvalue weighted by Gasteiger charge is -2.16. The van der Waals surface area contributed by atoms with Crippen LogP contribution in [0.2, 0.25) is 0 Å². The second kappa shape index (κ2) is 10.5. The summed E-state index contributed by atoms with van der Waals surface area (Å²) in [6, 6.07) is 16.3. The lowest BCUT2D eigenvalue weighted by Crippen LogP contribution is -2.33. The maximum atomic E-state index is 12.3. The molecular weight excluding hydrogens is 432 g/mol. The van der Waals surface area contributed by atoms with Crippen molar-refractivity contribution in [3.05, 3.63) is 71.3 Å². The van der Waals surface area contributed by atoms with Gasteiger partial charge in [0, 0.05) is 24.6 Å². The van der Waals surface area contributed by atoms with Gasteiger partial charge in [0.05, 0.1) is 5.92 Å². The Balaban J connectivity index is 1.24. The molecule has 2 aromatic carbocycles. The van der Waals surface area contributed by atoms with Crippen LogP contribution in [0.25, 0.3) is 11.1 Å². The third-order valence-corrected chi connectivity index (χ3v) is 6.86. The maximum absolute atomic E-state index is 12.3. The molecule has 0 heterocycles. The third-order valence-electron chi connectivity index (χ3n) is 6.86. The largest absolute Gasteiger partial charge is 0.481 e. The van der Waals surface area contributed by atoms with E-state index in [1.165, 1.54) is 11.1 Å². The molecule has 0 aromatic heterocycles. The monoisotopic (exact) mass is 462 g/mol. The first-order valence-corrected chi connectivity index (χ1v) is 11.7. The summed E-state index contributed by atoms with van der Waals surface area (Å²) in [7, 11) is 0. The van der Waals surface area contributed by atoms with E-state index in [1.807, 2.05) is 24.3 Å². The number of alkyl carbamates (subject to hydrolysis) is 1. The number of carbonyl (C=O) groups excluding carboxylic acids is 2. The van der Waals surface area contributed by atoms with Crippen LogP contribution in [-0.2, 0) is 14.3 Å². The average molecular weight is 463 g/mol. The van der Waals surface area contributed by atoms with E-state index >= 15 is 0 Å². The lowest BCUT2D eigenvalue weighted by atomic mass is 9.96. The van der Waals surface area contributed by atoms with E-state index in [4.69, 9.17) is 4.74 Å². The molecule has 0 aliphatic heterocycles. The average Bonchev–Trinajstić information content (AvgIpc) is 3.44. The number of aliphatic carboxylic acids is 1. The smallest absolute Gasteiger partial charge is 0.407 e. The number of fused-ring (bicyclic) bond motifs is 3. The highest BCUT2D eigenvalue weighted by atomic mass is 16.5. The minimum Gasteiger partial charge on any atom is -0.481 e. The van der Waals surface area contributed by atoms with Crippen molar-refractivity contribution in [2.45, 2.75) is 32.1 Å². The fourth-order valence-electron chi connectivity index (χ4n) is 5.00. The highest BCUT2D eigenvalue weighted by Crippen LogP contribution is 2.44. The fourth-order valence-corrected chi connectivity index (χ4v) is 5.00. The van der Waals surface area contributed by atoms with Gasteiger partial charge in [-0.1, -0.05) is 61.0 Å². The molecule has 2 aliphatic rings. The van der Waals surface area contributed by atoms with Gasteiger partial charge in [-0.15, -0.1) is 0 Å². The van der Waals surface area contributed by atoms with Gasteiger partial charge >= 0.3 is 12.1 Å². The van der Waals surface area contributed by atoms with Crippen molar-refractivity contribution in [3.63, 3.8) is 0 Å². The highest BCUT2D eigenvalue weighted by molar-refractivity contribution is 5.92. The van der Waals surface area contributed by atoms with Crippen LogP contribution in [0.5, 0.6) is 0 Å². The van der Waals surface area contributed by atoms with E-state index in [1.54, 1.807) is 13.0 Å². The van der Waals surface area contributed by atoms with Crippen molar-refractivity contribution < 1.29 is 24.2 Å². The lowest BCUT2D eigenvalue weighted by molar-refractivity contribution is -0.143. The van der Waals surface area contributed by atoms with E-state index in [0.717, 1.165) is 24.0 Å². The summed E-state index contributed by atoms with van der Waals surface area (Å²) in [6.45, 7) is 2.41. The highest BCUT2D eigenvalue weighted by Gasteiger charge is 2.33. The molecule has 2 aromatic rings. The number of carboxylic acids is 1. The van der Waals surface area contributed by atoms with E-state index in [-0.39, 0.29) is 36.8 Å². The zero-order chi connectivity index (χ0) is 24.1. The zero-order valence-electron chi connectivity index (χ0n) is 19.3. The molecule has 2 aliphatic carbocycles. The van der Waals surface area contributed by atoms with Gasteiger partial charge in [0.2, 0.25) is 5.91 Å². The van der Waals surface area contributed by atoms with Crippen LogP contribution in [0.3, 0.4) is 0 Å². The Bertz CT molecular complexity index is 1060. The molecule has 0 unspecified atom stereocenters. The van der Waals surface area contributed by atoms with Crippen molar-refractivity contribution in [3.8, 4) is 11.1 Å². The standard InChI is InChI=1S/C27H30N2O5/c1-17(25(30)29-15-18-7-6-12-19(18)26(31)32)13-14-28-27(33)34-16-24-22-10-4-2-8-20(22)21-9-3-5-11-23(21)24/h2-5,8-11,13,18-19,24H,6-7,12,14-16H2,1H3,(H,28,33)(H,29,30)(H,31,32)/b17-13+/t18-,19-/m0/s1. The molecule has 34 heavy (non-hydrogen) atoms. The number of nitrogens with one attached hydrogen (secondary N) is 2. The number of hydrogen-bond donors (Lipinski definition) is 3. The van der Waals surface area contributed by atoms with Gasteiger partial charge < -0.3 is 20.5 Å². The number of rotatable bonds is 8. The Morgan fingerprint density at radius 3 is 2.29 bits per heavy atom. The molecule has 3 N–H and O–H groups in total. The zero-order valence-corrected chi connectivity index (χ0v) is 19.3. The first-order valence-electron chi connectivity index (χ1n) is 11.7. The summed E-state index contributed by atoms with van der Waals surface area (Å²) >= 11 is 0. The van der Waals surface area contributed by atoms with Gasteiger partial charge in [-0.3, -0.25) is 9.59 Å². The van der Waals surface area contributed by atoms with Gasteiger partial charge in [0.1, 0.15) is 6.61 Å². The van der Waals surface area contributed by atoms with Crippen LogP contribution in [0.1, 0.15) is 43.2 Å². The molecule has 7 heteroatoms. The number of carbonyl (C=O) groups is 3. The van der Waals surface area contributed by atoms with Crippen LogP contribution in [-0.4, -0.2) is 42.8 Å². The Hall–Kier alpha value is -3.61. The Labute approximate surface area is 199 Å². The van der Waals surface area contributed by atoms with Gasteiger partial charge in [0.15, 0.2) is 0 Å². The molecule has 0 spiro atoms. The number of amides is 2. The van der Waals surface area contributed by atoms with Crippen molar-refractivity contribution in [1.82, 2.24) is 10.6 Å². The summed E-state index contributed by atoms with van der Waals surface area (Å²) in [5, 5.41) is 14.7. The molecule has 4 rings (SSSR count). The number of hydrogen-bond acceptors (Lipinski definition) is 4. The Morgan fingerprint density at radius 2 is 1.65 bits per heavy atom. The second-order valence-electron chi connectivity index (χ2n) is 8.94. The minimum atomic E-state index is -0.795. The summed E-state index contributed by atoms with van der Waals surface area (Å²) in [5.74, 6) is -1.49. The summed E-state index contributed by atoms with van der Waals surface area (Å²) in [4.78, 5) is 35.8. The van der Waals surface area contributed by atoms with Crippen LogP contribution >= 0.6 is 0 Å². The van der Waals surface area contributed by atoms with Crippen LogP contribution < -0.4 is 10.6 Å². The van der Waals surface area contributed by atoms with E-state index in [9.17, 15) is 19.5 Å². The summed E-state index contributed by atoms with van der Waals surface area (Å²) in [6.07, 6.45) is 3.43. The molecule has 178 valence electrons. The van der Waals surface area contributed by atoms with Crippen molar-refractivity contribution in [2.75, 3.05) is 19.7 Å². The van der Waals surface area contributed by atoms with Gasteiger partial charge in [-0.25, -0.2) is 4.79 Å².